The summed E-state index contributed by atoms with van der Waals surface area (Å²) in [5, 5.41) is 0. The molecule has 0 atom stereocenters. The molecule has 0 saturated heterocycles. The molecule has 240 valence electrons. The van der Waals surface area contributed by atoms with Gasteiger partial charge in [-0.15, -0.1) is 0 Å². The molecule has 8 rings (SSSR count). The van der Waals surface area contributed by atoms with E-state index >= 15 is 0 Å². The largest absolute Gasteiger partial charge is 0.318 e. The van der Waals surface area contributed by atoms with E-state index in [2.05, 4.69) is 81.9 Å². The fourth-order valence-corrected chi connectivity index (χ4v) is 7.35. The molecular weight excluding hydrogens is 613 g/mol. The Kier molecular flexibility index (Phi) is 8.07. The van der Waals surface area contributed by atoms with Crippen molar-refractivity contribution in [1.29, 1.82) is 0 Å². The van der Waals surface area contributed by atoms with Crippen molar-refractivity contribution in [1.82, 2.24) is 19.1 Å². The summed E-state index contributed by atoms with van der Waals surface area (Å²) in [6.07, 6.45) is 7.24. The maximum Gasteiger partial charge on any atom is 0.232 e. The van der Waals surface area contributed by atoms with Gasteiger partial charge in [-0.05, 0) is 33.4 Å². The molecule has 5 nitrogen and oxygen atoms in total. The summed E-state index contributed by atoms with van der Waals surface area (Å²) in [7, 11) is 0. The van der Waals surface area contributed by atoms with Crippen LogP contribution < -0.4 is 0 Å². The Morgan fingerprint density at radius 1 is 0.360 bits per heavy atom. The van der Waals surface area contributed by atoms with Crippen molar-refractivity contribution in [3.63, 3.8) is 0 Å². The number of hydrogen-bond acceptors (Lipinski definition) is 3. The average molecular weight is 647 g/mol. The highest BCUT2D eigenvalue weighted by Gasteiger charge is 2.40. The SMILES string of the molecule is O=C(c1cn(C(c2ccccc2)(c2ccccc2)c2ccccc2)cn1)c1cn(C(c2ccccc2)(c2ccccc2)c2ccccc2)cn1. The Morgan fingerprint density at radius 2 is 0.580 bits per heavy atom. The molecule has 0 aliphatic carbocycles. The van der Waals surface area contributed by atoms with Crippen molar-refractivity contribution >= 4 is 5.78 Å². The van der Waals surface area contributed by atoms with Gasteiger partial charge in [0.25, 0.3) is 0 Å². The fourth-order valence-electron chi connectivity index (χ4n) is 7.35. The maximum atomic E-state index is 14.4. The minimum atomic E-state index is -0.780. The Bertz CT molecular complexity index is 1960. The number of rotatable bonds is 10. The summed E-state index contributed by atoms with van der Waals surface area (Å²) >= 11 is 0. The topological polar surface area (TPSA) is 52.7 Å². The van der Waals surface area contributed by atoms with Crippen molar-refractivity contribution in [3.05, 3.63) is 252 Å². The maximum absolute atomic E-state index is 14.4. The third-order valence-corrected chi connectivity index (χ3v) is 9.55. The van der Waals surface area contributed by atoms with E-state index in [0.29, 0.717) is 11.4 Å². The van der Waals surface area contributed by atoms with Crippen molar-refractivity contribution in [2.24, 2.45) is 0 Å². The van der Waals surface area contributed by atoms with Crippen molar-refractivity contribution in [2.45, 2.75) is 11.1 Å². The molecule has 50 heavy (non-hydrogen) atoms. The molecule has 8 aromatic rings. The van der Waals surface area contributed by atoms with Gasteiger partial charge in [0.1, 0.15) is 22.5 Å². The van der Waals surface area contributed by atoms with Gasteiger partial charge in [0, 0.05) is 12.4 Å². The molecule has 2 heterocycles. The standard InChI is InChI=1S/C45H34N4O/c50-43(41-31-48(33-46-41)44(35-19-7-1-8-20-35,36-21-9-2-10-22-36)37-23-11-3-12-24-37)42-32-49(34-47-42)45(38-25-13-4-14-26-38,39-27-15-5-16-28-39)40-29-17-6-18-30-40/h1-34H. The molecule has 0 radical (unpaired) electrons. The number of benzene rings is 6. The Morgan fingerprint density at radius 3 is 0.800 bits per heavy atom. The van der Waals surface area contributed by atoms with Crippen LogP contribution in [0.4, 0.5) is 0 Å². The lowest BCUT2D eigenvalue weighted by atomic mass is 9.76. The predicted octanol–water partition coefficient (Wildman–Crippen LogP) is 8.99. The first-order chi connectivity index (χ1) is 24.7. The minimum absolute atomic E-state index is 0.256. The smallest absolute Gasteiger partial charge is 0.232 e. The molecule has 5 heteroatoms. The van der Waals surface area contributed by atoms with Crippen molar-refractivity contribution in [2.75, 3.05) is 0 Å². The predicted molar refractivity (Wildman–Crippen MR) is 197 cm³/mol. The fraction of sp³-hybridized carbons (Fsp3) is 0.0444. The van der Waals surface area contributed by atoms with E-state index in [9.17, 15) is 4.79 Å². The highest BCUT2D eigenvalue weighted by molar-refractivity contribution is 6.06. The zero-order valence-electron chi connectivity index (χ0n) is 27.3. The van der Waals surface area contributed by atoms with Crippen molar-refractivity contribution in [3.8, 4) is 0 Å². The van der Waals surface area contributed by atoms with Crippen LogP contribution in [0.5, 0.6) is 0 Å². The van der Waals surface area contributed by atoms with E-state index in [-0.39, 0.29) is 5.78 Å². The molecule has 0 N–H and O–H groups in total. The van der Waals surface area contributed by atoms with Gasteiger partial charge in [0.05, 0.1) is 12.7 Å². The molecule has 0 saturated carbocycles. The number of carbonyl (C=O) groups is 1. The van der Waals surface area contributed by atoms with Crippen LogP contribution in [0.25, 0.3) is 0 Å². The second-order valence-corrected chi connectivity index (χ2v) is 12.3. The number of nitrogens with zero attached hydrogens (tertiary/aromatic N) is 4. The molecule has 0 bridgehead atoms. The van der Waals surface area contributed by atoms with E-state index in [1.807, 2.05) is 122 Å². The highest BCUT2D eigenvalue weighted by Crippen LogP contribution is 2.42. The molecule has 6 aromatic carbocycles. The lowest BCUT2D eigenvalue weighted by molar-refractivity contribution is 0.103. The molecular formula is C45H34N4O. The first-order valence-electron chi connectivity index (χ1n) is 16.7. The van der Waals surface area contributed by atoms with E-state index < -0.39 is 11.1 Å². The highest BCUT2D eigenvalue weighted by atomic mass is 16.1. The van der Waals surface area contributed by atoms with Crippen LogP contribution in [0, 0.1) is 0 Å². The molecule has 0 aliphatic rings. The van der Waals surface area contributed by atoms with Gasteiger partial charge in [-0.3, -0.25) is 4.79 Å². The first-order valence-corrected chi connectivity index (χ1v) is 16.7. The van der Waals surface area contributed by atoms with Gasteiger partial charge in [0.15, 0.2) is 0 Å². The third-order valence-electron chi connectivity index (χ3n) is 9.55. The van der Waals surface area contributed by atoms with Gasteiger partial charge in [-0.1, -0.05) is 182 Å². The van der Waals surface area contributed by atoms with E-state index in [0.717, 1.165) is 33.4 Å². The first kappa shape index (κ1) is 30.7. The monoisotopic (exact) mass is 646 g/mol. The summed E-state index contributed by atoms with van der Waals surface area (Å²) in [5.74, 6) is -0.256. The zero-order valence-corrected chi connectivity index (χ0v) is 27.3. The summed E-state index contributed by atoms with van der Waals surface area (Å²) in [6, 6.07) is 62.1. The summed E-state index contributed by atoms with van der Waals surface area (Å²) < 4.78 is 4.11. The lowest BCUT2D eigenvalue weighted by Gasteiger charge is -2.37. The number of ketones is 1. The summed E-state index contributed by atoms with van der Waals surface area (Å²) in [6.45, 7) is 0. The third kappa shape index (κ3) is 5.08. The number of hydrogen-bond donors (Lipinski definition) is 0. The van der Waals surface area contributed by atoms with Crippen LogP contribution in [0.3, 0.4) is 0 Å². The van der Waals surface area contributed by atoms with Gasteiger partial charge in [0.2, 0.25) is 5.78 Å². The van der Waals surface area contributed by atoms with Gasteiger partial charge < -0.3 is 9.13 Å². The molecule has 0 amide bonds. The quantitative estimate of drug-likeness (QED) is 0.110. The zero-order chi connectivity index (χ0) is 33.8. The van der Waals surface area contributed by atoms with Crippen LogP contribution in [-0.4, -0.2) is 24.9 Å². The van der Waals surface area contributed by atoms with E-state index in [1.54, 1.807) is 12.7 Å². The Balaban J connectivity index is 1.27. The van der Waals surface area contributed by atoms with Crippen LogP contribution >= 0.6 is 0 Å². The Labute approximate surface area is 291 Å². The van der Waals surface area contributed by atoms with Gasteiger partial charge >= 0.3 is 0 Å². The van der Waals surface area contributed by atoms with Gasteiger partial charge in [-0.25, -0.2) is 9.97 Å². The van der Waals surface area contributed by atoms with Crippen LogP contribution in [0.1, 0.15) is 49.6 Å². The lowest BCUT2D eigenvalue weighted by Crippen LogP contribution is -2.37. The number of imidazole rings is 2. The van der Waals surface area contributed by atoms with Crippen molar-refractivity contribution < 1.29 is 4.79 Å². The Hall–Kier alpha value is -6.59. The molecule has 0 aliphatic heterocycles. The summed E-state index contributed by atoms with van der Waals surface area (Å²) in [5.41, 5.74) is 5.38. The second kappa shape index (κ2) is 13.1. The average Bonchev–Trinajstić information content (AvgIpc) is 3.90. The molecule has 2 aromatic heterocycles. The molecule has 0 unspecified atom stereocenters. The van der Waals surface area contributed by atoms with Crippen LogP contribution in [0.2, 0.25) is 0 Å². The minimum Gasteiger partial charge on any atom is -0.318 e. The molecule has 0 spiro atoms. The van der Waals surface area contributed by atoms with Gasteiger partial charge in [-0.2, -0.15) is 0 Å². The van der Waals surface area contributed by atoms with Crippen LogP contribution in [-0.2, 0) is 11.1 Å². The second-order valence-electron chi connectivity index (χ2n) is 12.3. The normalized spacial score (nSPS) is 11.7. The van der Waals surface area contributed by atoms with E-state index in [1.165, 1.54) is 0 Å². The number of aromatic nitrogens is 4. The number of carbonyl (C=O) groups excluding carboxylic acids is 1. The molecule has 0 fully saturated rings. The summed E-state index contributed by atoms with van der Waals surface area (Å²) in [4.78, 5) is 23.9. The van der Waals surface area contributed by atoms with E-state index in [4.69, 9.17) is 9.97 Å². The van der Waals surface area contributed by atoms with Crippen LogP contribution in [0.15, 0.2) is 207 Å².